The molecule has 0 spiro atoms. The van der Waals surface area contributed by atoms with Crippen molar-refractivity contribution in [2.75, 3.05) is 19.6 Å². The number of aromatic nitrogens is 3. The third-order valence-corrected chi connectivity index (χ3v) is 5.40. The third-order valence-electron chi connectivity index (χ3n) is 5.40. The molecule has 1 aliphatic heterocycles. The van der Waals surface area contributed by atoms with Crippen LogP contribution in [0.15, 0.2) is 36.5 Å². The van der Waals surface area contributed by atoms with Crippen molar-refractivity contribution in [1.82, 2.24) is 25.0 Å². The highest BCUT2D eigenvalue weighted by atomic mass is 16.2. The van der Waals surface area contributed by atoms with E-state index in [1.807, 2.05) is 15.6 Å². The lowest BCUT2D eigenvalue weighted by molar-refractivity contribution is 0.0658. The summed E-state index contributed by atoms with van der Waals surface area (Å²) in [4.78, 5) is 20.3. The van der Waals surface area contributed by atoms with Crippen LogP contribution in [-0.4, -0.2) is 51.2 Å². The van der Waals surface area contributed by atoms with Gasteiger partial charge in [-0.1, -0.05) is 29.8 Å². The summed E-state index contributed by atoms with van der Waals surface area (Å²) < 4.78 is 1.89. The van der Waals surface area contributed by atoms with Gasteiger partial charge in [0.25, 0.3) is 5.91 Å². The molecule has 0 saturated carbocycles. The molecule has 1 saturated heterocycles. The molecule has 1 aliphatic rings. The van der Waals surface area contributed by atoms with E-state index in [9.17, 15) is 4.79 Å². The summed E-state index contributed by atoms with van der Waals surface area (Å²) in [5.41, 5.74) is 4.45. The molecule has 0 unspecified atom stereocenters. The van der Waals surface area contributed by atoms with Crippen molar-refractivity contribution in [2.45, 2.75) is 39.8 Å². The molecule has 6 nitrogen and oxygen atoms in total. The van der Waals surface area contributed by atoms with Gasteiger partial charge in [-0.25, -0.2) is 9.67 Å². The lowest BCUT2D eigenvalue weighted by Gasteiger charge is -2.34. The van der Waals surface area contributed by atoms with E-state index in [0.29, 0.717) is 12.1 Å². The lowest BCUT2D eigenvalue weighted by Crippen LogP contribution is -2.52. The number of hydrogen-bond acceptors (Lipinski definition) is 4. The number of nitrogens with one attached hydrogen (secondary N) is 1. The van der Waals surface area contributed by atoms with Crippen LogP contribution in [0.4, 0.5) is 0 Å². The van der Waals surface area contributed by atoms with Gasteiger partial charge in [0, 0.05) is 37.3 Å². The molecule has 6 heteroatoms. The average molecular weight is 377 g/mol. The smallest absolute Gasteiger partial charge is 0.255 e. The number of piperazine rings is 1. The predicted molar refractivity (Wildman–Crippen MR) is 111 cm³/mol. The number of fused-ring (bicyclic) bond motifs is 1. The zero-order valence-corrected chi connectivity index (χ0v) is 16.9. The fraction of sp³-hybridized carbons (Fsp3) is 0.409. The highest BCUT2D eigenvalue weighted by Gasteiger charge is 2.27. The number of nitrogens with zero attached hydrogens (tertiary/aromatic N) is 4. The first-order valence-electron chi connectivity index (χ1n) is 9.92. The third kappa shape index (κ3) is 3.29. The fourth-order valence-corrected chi connectivity index (χ4v) is 3.74. The molecule has 0 radical (unpaired) electrons. The maximum atomic E-state index is 13.5. The highest BCUT2D eigenvalue weighted by molar-refractivity contribution is 6.06. The minimum atomic E-state index is 0.0538. The molecule has 1 amide bonds. The van der Waals surface area contributed by atoms with Gasteiger partial charge in [-0.3, -0.25) is 4.79 Å². The Labute approximate surface area is 165 Å². The van der Waals surface area contributed by atoms with Gasteiger partial charge in [0.2, 0.25) is 0 Å². The van der Waals surface area contributed by atoms with Gasteiger partial charge in [0.15, 0.2) is 5.65 Å². The Morgan fingerprint density at radius 2 is 2.00 bits per heavy atom. The normalized spacial score (nSPS) is 17.5. The fourth-order valence-electron chi connectivity index (χ4n) is 3.74. The number of hydrogen-bond donors (Lipinski definition) is 1. The van der Waals surface area contributed by atoms with Gasteiger partial charge in [-0.15, -0.1) is 0 Å². The molecule has 1 N–H and O–H groups in total. The largest absolute Gasteiger partial charge is 0.333 e. The van der Waals surface area contributed by atoms with Crippen molar-refractivity contribution >= 4 is 16.9 Å². The molecule has 28 heavy (non-hydrogen) atoms. The zero-order chi connectivity index (χ0) is 19.8. The van der Waals surface area contributed by atoms with Crippen LogP contribution in [0.3, 0.4) is 0 Å². The number of benzene rings is 1. The average Bonchev–Trinajstić information content (AvgIpc) is 3.12. The maximum Gasteiger partial charge on any atom is 0.255 e. The molecule has 1 fully saturated rings. The Balaban J connectivity index is 1.88. The SMILES string of the molecule is Cc1ccc(-c2cc(C(=O)N3CCNC[C@@H]3C)c3cnn(C(C)C)c3n2)cc1. The summed E-state index contributed by atoms with van der Waals surface area (Å²) in [6.07, 6.45) is 1.78. The van der Waals surface area contributed by atoms with Gasteiger partial charge < -0.3 is 10.2 Å². The van der Waals surface area contributed by atoms with E-state index in [1.165, 1.54) is 5.56 Å². The van der Waals surface area contributed by atoms with E-state index in [1.54, 1.807) is 6.20 Å². The molecule has 4 rings (SSSR count). The Morgan fingerprint density at radius 3 is 2.68 bits per heavy atom. The molecular formula is C22H27N5O. The first-order valence-corrected chi connectivity index (χ1v) is 9.92. The standard InChI is InChI=1S/C22H27N5O/c1-14(2)27-21-19(13-24-27)18(22(28)26-10-9-23-12-16(26)4)11-20(25-21)17-7-5-15(3)6-8-17/h5-8,11,13-14,16,23H,9-10,12H2,1-4H3/t16-/m0/s1. The van der Waals surface area contributed by atoms with Gasteiger partial charge >= 0.3 is 0 Å². The lowest BCUT2D eigenvalue weighted by atomic mass is 10.0. The number of amides is 1. The van der Waals surface area contributed by atoms with Crippen LogP contribution in [0, 0.1) is 6.92 Å². The van der Waals surface area contributed by atoms with Gasteiger partial charge in [-0.2, -0.15) is 5.10 Å². The summed E-state index contributed by atoms with van der Waals surface area (Å²) in [7, 11) is 0. The Kier molecular flexibility index (Phi) is 4.89. The first-order chi connectivity index (χ1) is 13.5. The predicted octanol–water partition coefficient (Wildman–Crippen LogP) is 3.42. The Bertz CT molecular complexity index is 1010. The van der Waals surface area contributed by atoms with Crippen molar-refractivity contribution < 1.29 is 4.79 Å². The molecule has 0 bridgehead atoms. The topological polar surface area (TPSA) is 63.1 Å². The van der Waals surface area contributed by atoms with Gasteiger partial charge in [0.05, 0.1) is 22.8 Å². The van der Waals surface area contributed by atoms with E-state index < -0.39 is 0 Å². The molecule has 1 aromatic carbocycles. The highest BCUT2D eigenvalue weighted by Crippen LogP contribution is 2.28. The van der Waals surface area contributed by atoms with Crippen LogP contribution in [0.25, 0.3) is 22.3 Å². The Hall–Kier alpha value is -2.73. The summed E-state index contributed by atoms with van der Waals surface area (Å²) in [6.45, 7) is 10.6. The second-order valence-corrected chi connectivity index (χ2v) is 7.89. The summed E-state index contributed by atoms with van der Waals surface area (Å²) in [6, 6.07) is 10.5. The molecular weight excluding hydrogens is 350 g/mol. The van der Waals surface area contributed by atoms with Crippen LogP contribution in [-0.2, 0) is 0 Å². The van der Waals surface area contributed by atoms with Crippen LogP contribution >= 0.6 is 0 Å². The van der Waals surface area contributed by atoms with Crippen LogP contribution in [0.1, 0.15) is 42.7 Å². The Morgan fingerprint density at radius 1 is 1.25 bits per heavy atom. The molecule has 0 aliphatic carbocycles. The van der Waals surface area contributed by atoms with E-state index in [0.717, 1.165) is 35.4 Å². The second-order valence-electron chi connectivity index (χ2n) is 7.89. The number of carbonyl (C=O) groups is 1. The van der Waals surface area contributed by atoms with E-state index in [2.05, 4.69) is 62.4 Å². The molecule has 146 valence electrons. The second kappa shape index (κ2) is 7.36. The molecule has 3 aromatic rings. The van der Waals surface area contributed by atoms with Crippen molar-refractivity contribution in [2.24, 2.45) is 0 Å². The summed E-state index contributed by atoms with van der Waals surface area (Å²) >= 11 is 0. The van der Waals surface area contributed by atoms with Crippen LogP contribution in [0.5, 0.6) is 0 Å². The molecule has 1 atom stereocenters. The number of pyridine rings is 1. The van der Waals surface area contributed by atoms with E-state index in [4.69, 9.17) is 4.98 Å². The molecule has 3 heterocycles. The number of carbonyl (C=O) groups excluding carboxylic acids is 1. The first kappa shape index (κ1) is 18.6. The monoisotopic (exact) mass is 377 g/mol. The number of rotatable bonds is 3. The maximum absolute atomic E-state index is 13.5. The van der Waals surface area contributed by atoms with E-state index in [-0.39, 0.29) is 18.0 Å². The van der Waals surface area contributed by atoms with Gasteiger partial charge in [0.1, 0.15) is 0 Å². The van der Waals surface area contributed by atoms with Crippen molar-refractivity contribution in [3.8, 4) is 11.3 Å². The quantitative estimate of drug-likeness (QED) is 0.760. The zero-order valence-electron chi connectivity index (χ0n) is 16.9. The minimum absolute atomic E-state index is 0.0538. The van der Waals surface area contributed by atoms with Crippen molar-refractivity contribution in [1.29, 1.82) is 0 Å². The van der Waals surface area contributed by atoms with Crippen molar-refractivity contribution in [3.63, 3.8) is 0 Å². The van der Waals surface area contributed by atoms with Crippen molar-refractivity contribution in [3.05, 3.63) is 47.7 Å². The van der Waals surface area contributed by atoms with Crippen LogP contribution in [0.2, 0.25) is 0 Å². The summed E-state index contributed by atoms with van der Waals surface area (Å²) in [5.74, 6) is 0.0538. The summed E-state index contributed by atoms with van der Waals surface area (Å²) in [5, 5.41) is 8.69. The minimum Gasteiger partial charge on any atom is -0.333 e. The molecule has 2 aromatic heterocycles. The van der Waals surface area contributed by atoms with Gasteiger partial charge in [-0.05, 0) is 33.8 Å². The van der Waals surface area contributed by atoms with E-state index >= 15 is 0 Å². The van der Waals surface area contributed by atoms with Crippen LogP contribution < -0.4 is 5.32 Å². The number of aryl methyl sites for hydroxylation is 1.